The molecule has 0 saturated carbocycles. The summed E-state index contributed by atoms with van der Waals surface area (Å²) < 4.78 is 5.00. The standard InChI is InChI=1S/C24H22N2O3/c1-24(19-10-4-2-5-11-19,20-12-6-3-7-13-20)25-22(27)18-9-8-14-21(17-18)26-15-16-29-23(26)28/h2-14,17H,15-16H2,1H3,(H,25,27). The van der Waals surface area contributed by atoms with Crippen molar-refractivity contribution in [3.05, 3.63) is 102 Å². The van der Waals surface area contributed by atoms with Crippen molar-refractivity contribution >= 4 is 17.7 Å². The summed E-state index contributed by atoms with van der Waals surface area (Å²) in [5.74, 6) is -0.213. The molecule has 0 spiro atoms. The van der Waals surface area contributed by atoms with Crippen molar-refractivity contribution in [3.8, 4) is 0 Å². The summed E-state index contributed by atoms with van der Waals surface area (Å²) in [5.41, 5.74) is 2.40. The van der Waals surface area contributed by atoms with Crippen molar-refractivity contribution < 1.29 is 14.3 Å². The van der Waals surface area contributed by atoms with Crippen molar-refractivity contribution in [3.63, 3.8) is 0 Å². The fraction of sp³-hybridized carbons (Fsp3) is 0.167. The highest BCUT2D eigenvalue weighted by Gasteiger charge is 2.31. The zero-order chi connectivity index (χ0) is 20.3. The van der Waals surface area contributed by atoms with Crippen LogP contribution in [0, 0.1) is 0 Å². The topological polar surface area (TPSA) is 58.6 Å². The van der Waals surface area contributed by atoms with Gasteiger partial charge in [0.1, 0.15) is 6.61 Å². The van der Waals surface area contributed by atoms with Crippen molar-refractivity contribution in [2.45, 2.75) is 12.5 Å². The second kappa shape index (κ2) is 7.80. The van der Waals surface area contributed by atoms with Crippen LogP contribution in [0.2, 0.25) is 0 Å². The minimum atomic E-state index is -0.706. The third-order valence-electron chi connectivity index (χ3n) is 5.25. The van der Waals surface area contributed by atoms with Gasteiger partial charge in [-0.25, -0.2) is 4.79 Å². The highest BCUT2D eigenvalue weighted by molar-refractivity contribution is 5.97. The summed E-state index contributed by atoms with van der Waals surface area (Å²) in [4.78, 5) is 26.6. The van der Waals surface area contributed by atoms with Gasteiger partial charge in [-0.05, 0) is 36.2 Å². The van der Waals surface area contributed by atoms with Crippen LogP contribution in [0.3, 0.4) is 0 Å². The molecule has 1 fully saturated rings. The summed E-state index contributed by atoms with van der Waals surface area (Å²) in [6, 6.07) is 26.8. The first-order valence-corrected chi connectivity index (χ1v) is 9.56. The maximum atomic E-state index is 13.2. The molecular formula is C24H22N2O3. The lowest BCUT2D eigenvalue weighted by Gasteiger charge is -2.32. The van der Waals surface area contributed by atoms with Gasteiger partial charge in [0.2, 0.25) is 0 Å². The van der Waals surface area contributed by atoms with E-state index in [0.717, 1.165) is 11.1 Å². The Kier molecular flexibility index (Phi) is 5.04. The van der Waals surface area contributed by atoms with Gasteiger partial charge in [-0.15, -0.1) is 0 Å². The van der Waals surface area contributed by atoms with Crippen molar-refractivity contribution in [2.24, 2.45) is 0 Å². The lowest BCUT2D eigenvalue weighted by Crippen LogP contribution is -2.44. The number of carbonyl (C=O) groups excluding carboxylic acids is 2. The van der Waals surface area contributed by atoms with Gasteiger partial charge < -0.3 is 10.1 Å². The Morgan fingerprint density at radius 1 is 0.931 bits per heavy atom. The Morgan fingerprint density at radius 3 is 2.10 bits per heavy atom. The van der Waals surface area contributed by atoms with E-state index in [0.29, 0.717) is 24.4 Å². The van der Waals surface area contributed by atoms with E-state index in [1.165, 1.54) is 4.90 Å². The third kappa shape index (κ3) is 3.72. The van der Waals surface area contributed by atoms with Crippen LogP contribution in [-0.2, 0) is 10.3 Å². The minimum absolute atomic E-state index is 0.213. The Bertz CT molecular complexity index is 979. The van der Waals surface area contributed by atoms with Crippen LogP contribution >= 0.6 is 0 Å². The first kappa shape index (κ1) is 18.7. The number of cyclic esters (lactones) is 1. The molecule has 0 atom stereocenters. The van der Waals surface area contributed by atoms with E-state index in [-0.39, 0.29) is 12.0 Å². The molecule has 3 aromatic rings. The quantitative estimate of drug-likeness (QED) is 0.710. The van der Waals surface area contributed by atoms with E-state index in [4.69, 9.17) is 4.74 Å². The number of amides is 2. The fourth-order valence-electron chi connectivity index (χ4n) is 3.60. The summed E-state index contributed by atoms with van der Waals surface area (Å²) in [7, 11) is 0. The van der Waals surface area contributed by atoms with E-state index < -0.39 is 5.54 Å². The van der Waals surface area contributed by atoms with Gasteiger partial charge in [0.25, 0.3) is 5.91 Å². The average Bonchev–Trinajstić information content (AvgIpc) is 3.21. The molecule has 1 aliphatic rings. The van der Waals surface area contributed by atoms with E-state index in [1.54, 1.807) is 24.3 Å². The number of benzene rings is 3. The molecule has 146 valence electrons. The second-order valence-electron chi connectivity index (χ2n) is 7.13. The molecule has 0 unspecified atom stereocenters. The number of hydrogen-bond acceptors (Lipinski definition) is 3. The van der Waals surface area contributed by atoms with Crippen molar-refractivity contribution in [2.75, 3.05) is 18.1 Å². The summed E-state index contributed by atoms with van der Waals surface area (Å²) in [6.07, 6.45) is -0.388. The zero-order valence-corrected chi connectivity index (χ0v) is 16.2. The molecule has 4 rings (SSSR count). The van der Waals surface area contributed by atoms with Crippen LogP contribution in [-0.4, -0.2) is 25.2 Å². The third-order valence-corrected chi connectivity index (χ3v) is 5.25. The Hall–Kier alpha value is -3.60. The molecule has 5 heteroatoms. The highest BCUT2D eigenvalue weighted by atomic mass is 16.6. The fourth-order valence-corrected chi connectivity index (χ4v) is 3.60. The number of carbonyl (C=O) groups is 2. The normalized spacial score (nSPS) is 13.8. The molecule has 0 aromatic heterocycles. The van der Waals surface area contributed by atoms with E-state index in [9.17, 15) is 9.59 Å². The summed E-state index contributed by atoms with van der Waals surface area (Å²) in [5, 5.41) is 3.20. The lowest BCUT2D eigenvalue weighted by molar-refractivity contribution is 0.0919. The minimum Gasteiger partial charge on any atom is -0.447 e. The highest BCUT2D eigenvalue weighted by Crippen LogP contribution is 2.30. The van der Waals surface area contributed by atoms with Crippen LogP contribution < -0.4 is 10.2 Å². The van der Waals surface area contributed by atoms with Gasteiger partial charge in [0.05, 0.1) is 12.1 Å². The van der Waals surface area contributed by atoms with Gasteiger partial charge >= 0.3 is 6.09 Å². The van der Waals surface area contributed by atoms with Crippen LogP contribution in [0.15, 0.2) is 84.9 Å². The van der Waals surface area contributed by atoms with Crippen molar-refractivity contribution in [1.29, 1.82) is 0 Å². The number of ether oxygens (including phenoxy) is 1. The SMILES string of the molecule is CC(NC(=O)c1cccc(N2CCOC2=O)c1)(c1ccccc1)c1ccccc1. The van der Waals surface area contributed by atoms with Gasteiger partial charge in [-0.3, -0.25) is 9.69 Å². The number of rotatable bonds is 5. The van der Waals surface area contributed by atoms with Crippen molar-refractivity contribution in [1.82, 2.24) is 5.32 Å². The largest absolute Gasteiger partial charge is 0.447 e. The number of hydrogen-bond donors (Lipinski definition) is 1. The maximum Gasteiger partial charge on any atom is 0.414 e. The van der Waals surface area contributed by atoms with E-state index in [2.05, 4.69) is 5.32 Å². The summed E-state index contributed by atoms with van der Waals surface area (Å²) in [6.45, 7) is 2.84. The maximum absolute atomic E-state index is 13.2. The molecule has 3 aromatic carbocycles. The molecule has 29 heavy (non-hydrogen) atoms. The Balaban J connectivity index is 1.67. The Labute approximate surface area is 169 Å². The summed E-state index contributed by atoms with van der Waals surface area (Å²) >= 11 is 0. The molecule has 0 radical (unpaired) electrons. The average molecular weight is 386 g/mol. The lowest BCUT2D eigenvalue weighted by atomic mass is 9.84. The molecule has 0 aliphatic carbocycles. The number of nitrogens with one attached hydrogen (secondary N) is 1. The van der Waals surface area contributed by atoms with Gasteiger partial charge in [-0.1, -0.05) is 66.7 Å². The molecule has 2 amide bonds. The van der Waals surface area contributed by atoms with E-state index in [1.807, 2.05) is 67.6 Å². The first-order valence-electron chi connectivity index (χ1n) is 9.56. The van der Waals surface area contributed by atoms with Crippen LogP contribution in [0.25, 0.3) is 0 Å². The number of nitrogens with zero attached hydrogens (tertiary/aromatic N) is 1. The first-order chi connectivity index (χ1) is 14.1. The van der Waals surface area contributed by atoms with Gasteiger partial charge in [0.15, 0.2) is 0 Å². The Morgan fingerprint density at radius 2 is 1.55 bits per heavy atom. The van der Waals surface area contributed by atoms with E-state index >= 15 is 0 Å². The van der Waals surface area contributed by atoms with Crippen LogP contribution in [0.1, 0.15) is 28.4 Å². The molecule has 1 N–H and O–H groups in total. The second-order valence-corrected chi connectivity index (χ2v) is 7.13. The predicted molar refractivity (Wildman–Crippen MR) is 112 cm³/mol. The molecule has 1 aliphatic heterocycles. The molecule has 0 bridgehead atoms. The molecular weight excluding hydrogens is 364 g/mol. The van der Waals surface area contributed by atoms with Crippen LogP contribution in [0.5, 0.6) is 0 Å². The number of anilines is 1. The van der Waals surface area contributed by atoms with Gasteiger partial charge in [0, 0.05) is 11.3 Å². The monoisotopic (exact) mass is 386 g/mol. The van der Waals surface area contributed by atoms with Gasteiger partial charge in [-0.2, -0.15) is 0 Å². The smallest absolute Gasteiger partial charge is 0.414 e. The van der Waals surface area contributed by atoms with Crippen LogP contribution in [0.4, 0.5) is 10.5 Å². The molecule has 5 nitrogen and oxygen atoms in total. The molecule has 1 heterocycles. The molecule has 1 saturated heterocycles. The zero-order valence-electron chi connectivity index (χ0n) is 16.2. The predicted octanol–water partition coefficient (Wildman–Crippen LogP) is 4.34.